The van der Waals surface area contributed by atoms with Gasteiger partial charge in [-0.1, -0.05) is 66.2 Å². The molecule has 1 aromatic heterocycles. The van der Waals surface area contributed by atoms with E-state index in [4.69, 9.17) is 4.74 Å². The summed E-state index contributed by atoms with van der Waals surface area (Å²) >= 11 is 3.54. The summed E-state index contributed by atoms with van der Waals surface area (Å²) in [6, 6.07) is 20.9. The lowest BCUT2D eigenvalue weighted by Crippen LogP contribution is -2.51. The highest BCUT2D eigenvalue weighted by atomic mass is 79.9. The second-order valence-electron chi connectivity index (χ2n) is 13.1. The van der Waals surface area contributed by atoms with E-state index in [1.807, 2.05) is 55.5 Å². The fourth-order valence-corrected chi connectivity index (χ4v) is 5.63. The topological polar surface area (TPSA) is 127 Å². The molecule has 9 nitrogen and oxygen atoms in total. The van der Waals surface area contributed by atoms with E-state index in [1.54, 1.807) is 72.2 Å². The average molecular weight is 717 g/mol. The number of aliphatic carboxylic acids is 1. The highest BCUT2D eigenvalue weighted by Crippen LogP contribution is 2.27. The predicted octanol–water partition coefficient (Wildman–Crippen LogP) is 6.29. The Labute approximate surface area is 289 Å². The summed E-state index contributed by atoms with van der Waals surface area (Å²) in [7, 11) is 1.58. The fourth-order valence-electron chi connectivity index (χ4n) is 5.18. The van der Waals surface area contributed by atoms with Crippen LogP contribution in [0, 0.1) is 13.8 Å². The molecule has 0 radical (unpaired) electrons. The Kier molecular flexibility index (Phi) is 11.0. The molecule has 0 aliphatic rings. The number of carbonyl (C=O) groups excluding carboxylic acids is 2. The monoisotopic (exact) mass is 715 g/mol. The van der Waals surface area contributed by atoms with Crippen molar-refractivity contribution in [2.75, 3.05) is 12.4 Å². The van der Waals surface area contributed by atoms with Gasteiger partial charge in [0.2, 0.25) is 11.8 Å². The molecular weight excluding hydrogens is 674 g/mol. The summed E-state index contributed by atoms with van der Waals surface area (Å²) in [6.45, 7) is 10.8. The fraction of sp³-hybridized carbons (Fsp3) is 0.316. The summed E-state index contributed by atoms with van der Waals surface area (Å²) in [5.74, 6) is -1.19. The summed E-state index contributed by atoms with van der Waals surface area (Å²) in [5.41, 5.74) is 2.18. The molecule has 3 N–H and O–H groups in total. The van der Waals surface area contributed by atoms with Gasteiger partial charge in [0.05, 0.1) is 24.5 Å². The molecule has 1 atom stereocenters. The number of carboxylic acid groups (broad SMARTS) is 1. The van der Waals surface area contributed by atoms with Gasteiger partial charge >= 0.3 is 5.97 Å². The van der Waals surface area contributed by atoms with Crippen LogP contribution in [0.25, 0.3) is 0 Å². The van der Waals surface area contributed by atoms with E-state index in [0.717, 1.165) is 16.7 Å². The molecule has 0 aliphatic carbocycles. The number of amides is 2. The van der Waals surface area contributed by atoms with Crippen molar-refractivity contribution >= 4 is 39.4 Å². The minimum Gasteiger partial charge on any atom is -0.497 e. The highest BCUT2D eigenvalue weighted by Gasteiger charge is 2.34. The first-order chi connectivity index (χ1) is 22.5. The number of ether oxygens (including phenoxy) is 1. The number of benzene rings is 3. The van der Waals surface area contributed by atoms with Crippen LogP contribution >= 0.6 is 15.9 Å². The maximum absolute atomic E-state index is 14.1. The number of aromatic nitrogens is 1. The van der Waals surface area contributed by atoms with Crippen LogP contribution in [-0.4, -0.2) is 40.6 Å². The molecule has 1 unspecified atom stereocenters. The maximum atomic E-state index is 14.1. The van der Waals surface area contributed by atoms with Gasteiger partial charge in [0.1, 0.15) is 17.5 Å². The van der Waals surface area contributed by atoms with Crippen LogP contribution in [0.2, 0.25) is 0 Å². The number of hydrogen-bond acceptors (Lipinski definition) is 5. The van der Waals surface area contributed by atoms with Crippen LogP contribution < -0.4 is 20.9 Å². The lowest BCUT2D eigenvalue weighted by Gasteiger charge is -2.28. The van der Waals surface area contributed by atoms with E-state index >= 15 is 0 Å². The lowest BCUT2D eigenvalue weighted by molar-refractivity contribution is -0.142. The Hall–Kier alpha value is -4.70. The van der Waals surface area contributed by atoms with Crippen molar-refractivity contribution in [2.45, 2.75) is 71.4 Å². The number of carboxylic acids is 1. The number of anilines is 1. The number of rotatable bonds is 12. The minimum atomic E-state index is -1.11. The zero-order chi connectivity index (χ0) is 35.4. The predicted molar refractivity (Wildman–Crippen MR) is 191 cm³/mol. The molecular formula is C38H42BrN3O6. The Morgan fingerprint density at radius 2 is 1.40 bits per heavy atom. The maximum Gasteiger partial charge on any atom is 0.313 e. The Balaban J connectivity index is 1.67. The van der Waals surface area contributed by atoms with Gasteiger partial charge in [0.15, 0.2) is 0 Å². The van der Waals surface area contributed by atoms with E-state index in [1.165, 1.54) is 4.57 Å². The van der Waals surface area contributed by atoms with Crippen molar-refractivity contribution in [3.63, 3.8) is 0 Å². The molecule has 10 heteroatoms. The van der Waals surface area contributed by atoms with Crippen molar-refractivity contribution in [2.24, 2.45) is 0 Å². The lowest BCUT2D eigenvalue weighted by atomic mass is 9.82. The zero-order valence-corrected chi connectivity index (χ0v) is 29.9. The molecule has 0 aliphatic heterocycles. The first-order valence-electron chi connectivity index (χ1n) is 15.6. The highest BCUT2D eigenvalue weighted by molar-refractivity contribution is 9.10. The molecule has 2 amide bonds. The SMILES string of the molecule is COc1ccc(Cn2cc(Br)c(C)c(NC(=O)C(Cc3ccc(C(C)(C)C(=O)O)cc3)NC(=O)C(C)(C)c3ccc(C)cc3)c2=O)cc1. The van der Waals surface area contributed by atoms with E-state index in [2.05, 4.69) is 26.6 Å². The molecule has 1 heterocycles. The molecule has 48 heavy (non-hydrogen) atoms. The largest absolute Gasteiger partial charge is 0.497 e. The molecule has 0 fully saturated rings. The van der Waals surface area contributed by atoms with Crippen LogP contribution in [0.1, 0.15) is 61.1 Å². The van der Waals surface area contributed by atoms with Crippen LogP contribution in [0.4, 0.5) is 5.69 Å². The van der Waals surface area contributed by atoms with Gasteiger partial charge in [-0.3, -0.25) is 19.2 Å². The molecule has 4 rings (SSSR count). The smallest absolute Gasteiger partial charge is 0.313 e. The molecule has 0 bridgehead atoms. The third-order valence-electron chi connectivity index (χ3n) is 8.85. The average Bonchev–Trinajstić information content (AvgIpc) is 3.05. The number of methoxy groups -OCH3 is 1. The van der Waals surface area contributed by atoms with Crippen LogP contribution in [-0.2, 0) is 38.2 Å². The standard InChI is InChI=1S/C38H42BrN3O6/c1-23-8-14-27(15-9-23)37(3,4)35(45)40-31(20-25-10-16-28(17-11-25)38(5,6)36(46)47)33(43)41-32-24(2)30(39)22-42(34(32)44)21-26-12-18-29(48-7)19-13-26/h8-19,22,31H,20-21H2,1-7H3,(H,40,45)(H,41,43)(H,46,47). The van der Waals surface area contributed by atoms with Gasteiger partial charge in [-0.2, -0.15) is 0 Å². The quantitative estimate of drug-likeness (QED) is 0.158. The van der Waals surface area contributed by atoms with Crippen molar-refractivity contribution in [3.8, 4) is 5.75 Å². The van der Waals surface area contributed by atoms with E-state index in [0.29, 0.717) is 26.9 Å². The van der Waals surface area contributed by atoms with E-state index in [-0.39, 0.29) is 24.6 Å². The van der Waals surface area contributed by atoms with Gasteiger partial charge < -0.3 is 25.0 Å². The number of halogens is 1. The zero-order valence-electron chi connectivity index (χ0n) is 28.3. The second kappa shape index (κ2) is 14.6. The Morgan fingerprint density at radius 1 is 0.854 bits per heavy atom. The van der Waals surface area contributed by atoms with Crippen LogP contribution in [0.15, 0.2) is 88.3 Å². The van der Waals surface area contributed by atoms with Gasteiger partial charge in [-0.15, -0.1) is 0 Å². The van der Waals surface area contributed by atoms with Crippen molar-refractivity contribution < 1.29 is 24.2 Å². The molecule has 0 saturated heterocycles. The van der Waals surface area contributed by atoms with Gasteiger partial charge in [-0.05, 0) is 97.4 Å². The summed E-state index contributed by atoms with van der Waals surface area (Å²) in [4.78, 5) is 53.4. The molecule has 252 valence electrons. The Bertz CT molecular complexity index is 1860. The molecule has 3 aromatic carbocycles. The summed E-state index contributed by atoms with van der Waals surface area (Å²) in [6.07, 6.45) is 1.78. The number of hydrogen-bond donors (Lipinski definition) is 3. The molecule has 0 spiro atoms. The number of carbonyl (C=O) groups is 3. The summed E-state index contributed by atoms with van der Waals surface area (Å²) < 4.78 is 7.37. The summed E-state index contributed by atoms with van der Waals surface area (Å²) in [5, 5.41) is 15.4. The van der Waals surface area contributed by atoms with Gasteiger partial charge in [0.25, 0.3) is 5.56 Å². The van der Waals surface area contributed by atoms with Crippen molar-refractivity contribution in [1.82, 2.24) is 9.88 Å². The number of nitrogens with zero attached hydrogens (tertiary/aromatic N) is 1. The normalized spacial score (nSPS) is 12.2. The van der Waals surface area contributed by atoms with E-state index in [9.17, 15) is 24.3 Å². The number of aryl methyl sites for hydroxylation is 1. The third kappa shape index (κ3) is 8.05. The molecule has 0 saturated carbocycles. The van der Waals surface area contributed by atoms with Crippen molar-refractivity contribution in [1.29, 1.82) is 0 Å². The van der Waals surface area contributed by atoms with Gasteiger partial charge in [0, 0.05) is 17.1 Å². The number of nitrogens with one attached hydrogen (secondary N) is 2. The third-order valence-corrected chi connectivity index (χ3v) is 9.65. The van der Waals surface area contributed by atoms with Gasteiger partial charge in [-0.25, -0.2) is 0 Å². The van der Waals surface area contributed by atoms with Crippen molar-refractivity contribution in [3.05, 3.63) is 127 Å². The number of pyridine rings is 1. The molecule has 4 aromatic rings. The second-order valence-corrected chi connectivity index (χ2v) is 14.0. The minimum absolute atomic E-state index is 0.0958. The Morgan fingerprint density at radius 3 is 1.96 bits per heavy atom. The van der Waals surface area contributed by atoms with Crippen LogP contribution in [0.5, 0.6) is 5.75 Å². The first-order valence-corrected chi connectivity index (χ1v) is 16.4. The first kappa shape index (κ1) is 36.1. The van der Waals surface area contributed by atoms with E-state index < -0.39 is 34.3 Å². The van der Waals surface area contributed by atoms with Crippen LogP contribution in [0.3, 0.4) is 0 Å².